The molecule has 0 amide bonds. The van der Waals surface area contributed by atoms with Gasteiger partial charge in [-0.25, -0.2) is 9.78 Å². The topological polar surface area (TPSA) is 102 Å². The van der Waals surface area contributed by atoms with Gasteiger partial charge >= 0.3 is 11.7 Å². The molecule has 0 unspecified atom stereocenters. The van der Waals surface area contributed by atoms with Crippen LogP contribution in [0.15, 0.2) is 18.2 Å². The molecule has 0 radical (unpaired) electrons. The number of hydrogen-bond acceptors (Lipinski definition) is 9. The molecule has 1 saturated heterocycles. The first-order chi connectivity index (χ1) is 12.5. The summed E-state index contributed by atoms with van der Waals surface area (Å²) in [5, 5.41) is 12.5. The molecule has 1 aliphatic rings. The summed E-state index contributed by atoms with van der Waals surface area (Å²) in [7, 11) is 0. The molecule has 0 saturated carbocycles. The molecular formula is C16H19N5O4S. The molecule has 1 aromatic carbocycles. The van der Waals surface area contributed by atoms with Gasteiger partial charge in [0.1, 0.15) is 17.1 Å². The molecule has 1 aliphatic heterocycles. The molecular weight excluding hydrogens is 358 g/mol. The Bertz CT molecular complexity index is 817. The molecule has 2 aromatic rings. The summed E-state index contributed by atoms with van der Waals surface area (Å²) in [4.78, 5) is 31.6. The van der Waals surface area contributed by atoms with E-state index in [1.54, 1.807) is 19.1 Å². The molecule has 138 valence electrons. The molecule has 1 aromatic heterocycles. The lowest BCUT2D eigenvalue weighted by Gasteiger charge is -2.35. The van der Waals surface area contributed by atoms with E-state index < -0.39 is 10.9 Å². The number of ether oxygens (including phenoxy) is 1. The summed E-state index contributed by atoms with van der Waals surface area (Å²) < 4.78 is 9.14. The van der Waals surface area contributed by atoms with Crippen LogP contribution in [0.4, 0.5) is 16.5 Å². The molecule has 26 heavy (non-hydrogen) atoms. The number of rotatable bonds is 5. The van der Waals surface area contributed by atoms with Crippen molar-refractivity contribution in [2.75, 3.05) is 42.6 Å². The fourth-order valence-corrected chi connectivity index (χ4v) is 3.63. The van der Waals surface area contributed by atoms with Gasteiger partial charge in [-0.2, -0.15) is 4.37 Å². The Labute approximate surface area is 154 Å². The van der Waals surface area contributed by atoms with Crippen LogP contribution in [-0.2, 0) is 4.74 Å². The van der Waals surface area contributed by atoms with Crippen LogP contribution >= 0.6 is 11.5 Å². The predicted molar refractivity (Wildman–Crippen MR) is 98.1 cm³/mol. The Hall–Kier alpha value is -2.75. The predicted octanol–water partition coefficient (Wildman–Crippen LogP) is 2.26. The maximum atomic E-state index is 12.1. The average molecular weight is 377 g/mol. The minimum absolute atomic E-state index is 0.0171. The highest BCUT2D eigenvalue weighted by atomic mass is 32.1. The van der Waals surface area contributed by atoms with E-state index in [4.69, 9.17) is 4.74 Å². The van der Waals surface area contributed by atoms with Crippen LogP contribution in [0.2, 0.25) is 0 Å². The lowest BCUT2D eigenvalue weighted by Crippen LogP contribution is -2.46. The first kappa shape index (κ1) is 18.1. The van der Waals surface area contributed by atoms with Crippen LogP contribution in [0.1, 0.15) is 23.1 Å². The summed E-state index contributed by atoms with van der Waals surface area (Å²) in [6.45, 7) is 6.21. The quantitative estimate of drug-likeness (QED) is 0.444. The van der Waals surface area contributed by atoms with Crippen LogP contribution in [-0.4, -0.2) is 53.0 Å². The van der Waals surface area contributed by atoms with Gasteiger partial charge in [0.15, 0.2) is 0 Å². The van der Waals surface area contributed by atoms with Crippen molar-refractivity contribution in [3.05, 3.63) is 39.7 Å². The number of nitro benzene ring substituents is 1. The number of anilines is 2. The standard InChI is InChI=1S/C16H19N5O4S/c1-3-25-15(22)12-5-4-6-13(14(12)21(23)24)19-7-9-20(10-8-19)16-17-11(2)18-26-16/h4-6H,3,7-10H2,1-2H3. The molecule has 0 bridgehead atoms. The van der Waals surface area contributed by atoms with E-state index in [0.29, 0.717) is 31.9 Å². The molecule has 9 nitrogen and oxygen atoms in total. The number of esters is 1. The highest BCUT2D eigenvalue weighted by molar-refractivity contribution is 7.09. The number of carbonyl (C=O) groups is 1. The van der Waals surface area contributed by atoms with Crippen LogP contribution < -0.4 is 9.80 Å². The molecule has 0 spiro atoms. The fraction of sp³-hybridized carbons (Fsp3) is 0.438. The zero-order valence-electron chi connectivity index (χ0n) is 14.5. The number of piperazine rings is 1. The third-order valence-electron chi connectivity index (χ3n) is 4.10. The SMILES string of the molecule is CCOC(=O)c1cccc(N2CCN(c3nc(C)ns3)CC2)c1[N+](=O)[O-]. The normalized spacial score (nSPS) is 14.4. The number of aromatic nitrogens is 2. The second-order valence-electron chi connectivity index (χ2n) is 5.75. The Morgan fingerprint density at radius 1 is 1.31 bits per heavy atom. The van der Waals surface area contributed by atoms with E-state index in [0.717, 1.165) is 11.0 Å². The Morgan fingerprint density at radius 2 is 2.00 bits per heavy atom. The zero-order valence-corrected chi connectivity index (χ0v) is 15.4. The van der Waals surface area contributed by atoms with Crippen molar-refractivity contribution in [2.24, 2.45) is 0 Å². The molecule has 0 atom stereocenters. The highest BCUT2D eigenvalue weighted by Gasteiger charge is 2.30. The van der Waals surface area contributed by atoms with Gasteiger partial charge in [0, 0.05) is 37.7 Å². The summed E-state index contributed by atoms with van der Waals surface area (Å²) in [5.41, 5.74) is 0.219. The average Bonchev–Trinajstić information content (AvgIpc) is 3.07. The monoisotopic (exact) mass is 377 g/mol. The van der Waals surface area contributed by atoms with Crippen LogP contribution in [0, 0.1) is 17.0 Å². The Balaban J connectivity index is 1.82. The van der Waals surface area contributed by atoms with Crippen LogP contribution in [0.25, 0.3) is 0 Å². The largest absolute Gasteiger partial charge is 0.462 e. The molecule has 3 rings (SSSR count). The number of para-hydroxylation sites is 1. The zero-order chi connectivity index (χ0) is 18.7. The van der Waals surface area contributed by atoms with Gasteiger partial charge in [-0.15, -0.1) is 0 Å². The summed E-state index contributed by atoms with van der Waals surface area (Å²) in [6, 6.07) is 4.75. The van der Waals surface area contributed by atoms with Crippen molar-refractivity contribution in [1.29, 1.82) is 0 Å². The summed E-state index contributed by atoms with van der Waals surface area (Å²) in [5.74, 6) is 0.0641. The van der Waals surface area contributed by atoms with Crippen molar-refractivity contribution in [2.45, 2.75) is 13.8 Å². The lowest BCUT2D eigenvalue weighted by atomic mass is 10.1. The molecule has 0 N–H and O–H groups in total. The minimum atomic E-state index is -0.677. The molecule has 2 heterocycles. The third kappa shape index (κ3) is 3.59. The van der Waals surface area contributed by atoms with Gasteiger partial charge in [0.05, 0.1) is 11.5 Å². The second-order valence-corrected chi connectivity index (χ2v) is 6.48. The number of hydrogen-bond donors (Lipinski definition) is 0. The second kappa shape index (κ2) is 7.65. The van der Waals surface area contributed by atoms with Gasteiger partial charge in [-0.05, 0) is 26.0 Å². The Morgan fingerprint density at radius 3 is 2.58 bits per heavy atom. The van der Waals surface area contributed by atoms with Gasteiger partial charge < -0.3 is 14.5 Å². The van der Waals surface area contributed by atoms with Crippen molar-refractivity contribution in [1.82, 2.24) is 9.36 Å². The van der Waals surface area contributed by atoms with Gasteiger partial charge in [-0.3, -0.25) is 10.1 Å². The van der Waals surface area contributed by atoms with Crippen molar-refractivity contribution in [3.63, 3.8) is 0 Å². The van der Waals surface area contributed by atoms with Gasteiger partial charge in [0.2, 0.25) is 5.13 Å². The van der Waals surface area contributed by atoms with E-state index in [1.807, 2.05) is 11.8 Å². The van der Waals surface area contributed by atoms with Crippen LogP contribution in [0.5, 0.6) is 0 Å². The molecule has 1 fully saturated rings. The summed E-state index contributed by atoms with van der Waals surface area (Å²) >= 11 is 1.35. The number of carbonyl (C=O) groups excluding carboxylic acids is 1. The lowest BCUT2D eigenvalue weighted by molar-refractivity contribution is -0.384. The van der Waals surface area contributed by atoms with Crippen LogP contribution in [0.3, 0.4) is 0 Å². The van der Waals surface area contributed by atoms with Gasteiger partial charge in [-0.1, -0.05) is 6.07 Å². The maximum absolute atomic E-state index is 12.1. The van der Waals surface area contributed by atoms with E-state index >= 15 is 0 Å². The minimum Gasteiger partial charge on any atom is -0.462 e. The number of nitro groups is 1. The smallest absolute Gasteiger partial charge is 0.345 e. The Kier molecular flexibility index (Phi) is 5.31. The van der Waals surface area contributed by atoms with Crippen molar-refractivity contribution in [3.8, 4) is 0 Å². The first-order valence-corrected chi connectivity index (χ1v) is 9.03. The fourth-order valence-electron chi connectivity index (χ4n) is 2.91. The molecule has 10 heteroatoms. The maximum Gasteiger partial charge on any atom is 0.345 e. The third-order valence-corrected chi connectivity index (χ3v) is 4.97. The number of benzene rings is 1. The van der Waals surface area contributed by atoms with E-state index in [9.17, 15) is 14.9 Å². The first-order valence-electron chi connectivity index (χ1n) is 8.26. The summed E-state index contributed by atoms with van der Waals surface area (Å²) in [6.07, 6.45) is 0. The van der Waals surface area contributed by atoms with Crippen molar-refractivity contribution < 1.29 is 14.5 Å². The van der Waals surface area contributed by atoms with Gasteiger partial charge in [0.25, 0.3) is 0 Å². The van der Waals surface area contributed by atoms with Crippen molar-refractivity contribution >= 4 is 34.0 Å². The number of aryl methyl sites for hydroxylation is 1. The highest BCUT2D eigenvalue weighted by Crippen LogP contribution is 2.33. The number of nitrogens with zero attached hydrogens (tertiary/aromatic N) is 5. The van der Waals surface area contributed by atoms with E-state index in [1.165, 1.54) is 17.6 Å². The molecule has 0 aliphatic carbocycles. The van der Waals surface area contributed by atoms with E-state index in [2.05, 4.69) is 14.3 Å². The van der Waals surface area contributed by atoms with E-state index in [-0.39, 0.29) is 17.9 Å².